The Bertz CT molecular complexity index is 839. The summed E-state index contributed by atoms with van der Waals surface area (Å²) in [5.41, 5.74) is 3.72. The van der Waals surface area contributed by atoms with Crippen LogP contribution in [0, 0.1) is 18.8 Å². The minimum atomic E-state index is -0.182. The zero-order valence-corrected chi connectivity index (χ0v) is 17.2. The maximum atomic E-state index is 13.0. The average Bonchev–Trinajstić information content (AvgIpc) is 3.11. The Hall–Kier alpha value is -2.62. The summed E-state index contributed by atoms with van der Waals surface area (Å²) in [5.74, 6) is 0.731. The molecule has 2 heterocycles. The van der Waals surface area contributed by atoms with Crippen LogP contribution in [0.25, 0.3) is 0 Å². The zero-order chi connectivity index (χ0) is 20.2. The van der Waals surface area contributed by atoms with E-state index in [1.54, 1.807) is 0 Å². The third-order valence-electron chi connectivity index (χ3n) is 6.35. The van der Waals surface area contributed by atoms with Crippen molar-refractivity contribution in [1.82, 2.24) is 9.80 Å². The smallest absolute Gasteiger partial charge is 0.227 e. The molecule has 2 aliphatic rings. The van der Waals surface area contributed by atoms with Gasteiger partial charge in [-0.2, -0.15) is 0 Å². The van der Waals surface area contributed by atoms with E-state index in [0.717, 1.165) is 37.9 Å². The quantitative estimate of drug-likeness (QED) is 0.779. The predicted octanol–water partition coefficient (Wildman–Crippen LogP) is 3.82. The van der Waals surface area contributed by atoms with E-state index in [4.69, 9.17) is 0 Å². The molecule has 0 aromatic heterocycles. The summed E-state index contributed by atoms with van der Waals surface area (Å²) in [4.78, 5) is 29.3. The summed E-state index contributed by atoms with van der Waals surface area (Å²) in [7, 11) is 0. The molecule has 0 aliphatic carbocycles. The fourth-order valence-corrected chi connectivity index (χ4v) is 4.57. The van der Waals surface area contributed by atoms with Crippen molar-refractivity contribution in [2.24, 2.45) is 11.8 Å². The van der Waals surface area contributed by atoms with Crippen LogP contribution in [0.5, 0.6) is 0 Å². The van der Waals surface area contributed by atoms with E-state index in [1.807, 2.05) is 9.80 Å². The highest BCUT2D eigenvalue weighted by molar-refractivity contribution is 5.89. The van der Waals surface area contributed by atoms with Gasteiger partial charge in [0.15, 0.2) is 0 Å². The first-order chi connectivity index (χ1) is 14.1. The van der Waals surface area contributed by atoms with Crippen molar-refractivity contribution in [3.05, 3.63) is 71.3 Å². The molecule has 152 valence electrons. The lowest BCUT2D eigenvalue weighted by Crippen LogP contribution is -2.42. The summed E-state index contributed by atoms with van der Waals surface area (Å²) >= 11 is 0. The van der Waals surface area contributed by atoms with Gasteiger partial charge in [0, 0.05) is 32.6 Å². The van der Waals surface area contributed by atoms with Gasteiger partial charge < -0.3 is 9.80 Å². The second-order valence-electron chi connectivity index (χ2n) is 8.62. The molecule has 4 rings (SSSR count). The molecule has 2 aromatic carbocycles. The maximum absolute atomic E-state index is 13.0. The van der Waals surface area contributed by atoms with Crippen LogP contribution < -0.4 is 0 Å². The predicted molar refractivity (Wildman–Crippen MR) is 114 cm³/mol. The molecule has 1 atom stereocenters. The standard InChI is InChI=1S/C25H30N2O2/c1-19-7-9-22(10-8-19)17-27-18-23(16-24(27)28)25(29)26-13-11-21(12-14-26)15-20-5-3-2-4-6-20/h2-10,21,23H,11-18H2,1H3. The fraction of sp³-hybridized carbons (Fsp3) is 0.440. The first-order valence-electron chi connectivity index (χ1n) is 10.7. The largest absolute Gasteiger partial charge is 0.342 e. The van der Waals surface area contributed by atoms with Gasteiger partial charge in [0.2, 0.25) is 11.8 Å². The number of carbonyl (C=O) groups excluding carboxylic acids is 2. The molecule has 0 saturated carbocycles. The molecule has 0 spiro atoms. The van der Waals surface area contributed by atoms with Gasteiger partial charge in [0.05, 0.1) is 5.92 Å². The molecule has 29 heavy (non-hydrogen) atoms. The lowest BCUT2D eigenvalue weighted by atomic mass is 9.89. The maximum Gasteiger partial charge on any atom is 0.227 e. The van der Waals surface area contributed by atoms with Gasteiger partial charge in [0.1, 0.15) is 0 Å². The molecule has 0 bridgehead atoms. The molecule has 2 aliphatic heterocycles. The van der Waals surface area contributed by atoms with Crippen molar-refractivity contribution in [1.29, 1.82) is 0 Å². The highest BCUT2D eigenvalue weighted by Crippen LogP contribution is 2.26. The van der Waals surface area contributed by atoms with Crippen LogP contribution in [0.1, 0.15) is 36.0 Å². The molecule has 1 unspecified atom stereocenters. The van der Waals surface area contributed by atoms with Crippen LogP contribution in [0.3, 0.4) is 0 Å². The fourth-order valence-electron chi connectivity index (χ4n) is 4.57. The van der Waals surface area contributed by atoms with E-state index in [2.05, 4.69) is 61.5 Å². The van der Waals surface area contributed by atoms with Crippen LogP contribution in [0.2, 0.25) is 0 Å². The van der Waals surface area contributed by atoms with Crippen molar-refractivity contribution in [2.45, 2.75) is 39.2 Å². The van der Waals surface area contributed by atoms with Crippen molar-refractivity contribution in [2.75, 3.05) is 19.6 Å². The number of aryl methyl sites for hydroxylation is 1. The van der Waals surface area contributed by atoms with E-state index in [0.29, 0.717) is 25.4 Å². The second-order valence-corrected chi connectivity index (χ2v) is 8.62. The number of rotatable bonds is 5. The molecule has 2 aromatic rings. The van der Waals surface area contributed by atoms with Crippen molar-refractivity contribution in [3.8, 4) is 0 Å². The monoisotopic (exact) mass is 390 g/mol. The third kappa shape index (κ3) is 4.87. The number of nitrogens with zero attached hydrogens (tertiary/aromatic N) is 2. The number of hydrogen-bond donors (Lipinski definition) is 0. The van der Waals surface area contributed by atoms with E-state index in [-0.39, 0.29) is 17.7 Å². The Kier molecular flexibility index (Phi) is 5.98. The Balaban J connectivity index is 1.28. The number of piperidine rings is 1. The Morgan fingerprint density at radius 2 is 1.66 bits per heavy atom. The van der Waals surface area contributed by atoms with Gasteiger partial charge in [0.25, 0.3) is 0 Å². The SMILES string of the molecule is Cc1ccc(CN2CC(C(=O)N3CCC(Cc4ccccc4)CC3)CC2=O)cc1. The van der Waals surface area contributed by atoms with Gasteiger partial charge in [-0.25, -0.2) is 0 Å². The Morgan fingerprint density at radius 3 is 2.34 bits per heavy atom. The highest BCUT2D eigenvalue weighted by Gasteiger charge is 2.37. The number of carbonyl (C=O) groups is 2. The van der Waals surface area contributed by atoms with E-state index >= 15 is 0 Å². The summed E-state index contributed by atoms with van der Waals surface area (Å²) in [6.45, 7) is 4.85. The first-order valence-corrected chi connectivity index (χ1v) is 10.7. The number of benzene rings is 2. The van der Waals surface area contributed by atoms with Gasteiger partial charge in [-0.15, -0.1) is 0 Å². The third-order valence-corrected chi connectivity index (χ3v) is 6.35. The van der Waals surface area contributed by atoms with Gasteiger partial charge in [-0.3, -0.25) is 9.59 Å². The van der Waals surface area contributed by atoms with Crippen LogP contribution in [0.4, 0.5) is 0 Å². The van der Waals surface area contributed by atoms with Crippen LogP contribution in [-0.2, 0) is 22.6 Å². The minimum Gasteiger partial charge on any atom is -0.342 e. The van der Waals surface area contributed by atoms with Crippen LogP contribution >= 0.6 is 0 Å². The second kappa shape index (κ2) is 8.81. The van der Waals surface area contributed by atoms with Gasteiger partial charge in [-0.1, -0.05) is 60.2 Å². The highest BCUT2D eigenvalue weighted by atomic mass is 16.2. The van der Waals surface area contributed by atoms with Crippen LogP contribution in [-0.4, -0.2) is 41.2 Å². The van der Waals surface area contributed by atoms with E-state index < -0.39 is 0 Å². The van der Waals surface area contributed by atoms with E-state index in [9.17, 15) is 9.59 Å². The molecule has 4 heteroatoms. The Labute approximate surface area is 173 Å². The molecular weight excluding hydrogens is 360 g/mol. The normalized spacial score (nSPS) is 20.3. The summed E-state index contributed by atoms with van der Waals surface area (Å²) in [6.07, 6.45) is 3.55. The van der Waals surface area contributed by atoms with Crippen molar-refractivity contribution >= 4 is 11.8 Å². The molecule has 0 radical (unpaired) electrons. The molecule has 0 N–H and O–H groups in total. The molecule has 2 fully saturated rings. The summed E-state index contributed by atoms with van der Waals surface area (Å²) in [5, 5.41) is 0. The molecular formula is C25H30N2O2. The first kappa shape index (κ1) is 19.7. The lowest BCUT2D eigenvalue weighted by molar-refractivity contribution is -0.137. The molecule has 4 nitrogen and oxygen atoms in total. The minimum absolute atomic E-state index is 0.0999. The topological polar surface area (TPSA) is 40.6 Å². The van der Waals surface area contributed by atoms with Gasteiger partial charge >= 0.3 is 0 Å². The number of amides is 2. The summed E-state index contributed by atoms with van der Waals surface area (Å²) < 4.78 is 0. The average molecular weight is 391 g/mol. The number of hydrogen-bond acceptors (Lipinski definition) is 2. The molecule has 2 saturated heterocycles. The van der Waals surface area contributed by atoms with Crippen molar-refractivity contribution in [3.63, 3.8) is 0 Å². The lowest BCUT2D eigenvalue weighted by Gasteiger charge is -2.33. The summed E-state index contributed by atoms with van der Waals surface area (Å²) in [6, 6.07) is 18.9. The van der Waals surface area contributed by atoms with Crippen LogP contribution in [0.15, 0.2) is 54.6 Å². The number of likely N-dealkylation sites (tertiary alicyclic amines) is 2. The van der Waals surface area contributed by atoms with Gasteiger partial charge in [-0.05, 0) is 43.2 Å². The van der Waals surface area contributed by atoms with Crippen molar-refractivity contribution < 1.29 is 9.59 Å². The Morgan fingerprint density at radius 1 is 0.966 bits per heavy atom. The molecule has 2 amide bonds. The zero-order valence-electron chi connectivity index (χ0n) is 17.2. The van der Waals surface area contributed by atoms with E-state index in [1.165, 1.54) is 11.1 Å².